The molecule has 0 amide bonds. The number of hydrogen-bond donors (Lipinski definition) is 2. The van der Waals surface area contributed by atoms with Gasteiger partial charge in [-0.3, -0.25) is 0 Å². The molecule has 3 N–H and O–H groups in total. The smallest absolute Gasteiger partial charge is 0.159 e. The number of hydrogen-bond acceptors (Lipinski definition) is 5. The Kier molecular flexibility index (Phi) is 6.55. The van der Waals surface area contributed by atoms with Crippen LogP contribution in [0.4, 0.5) is 23.0 Å². The second-order valence-electron chi connectivity index (χ2n) is 7.07. The molecule has 7 heteroatoms. The van der Waals surface area contributed by atoms with Crippen LogP contribution in [0.5, 0.6) is 0 Å². The van der Waals surface area contributed by atoms with Gasteiger partial charge in [0.25, 0.3) is 0 Å². The number of rotatable bonds is 7. The van der Waals surface area contributed by atoms with Crippen molar-refractivity contribution in [3.63, 3.8) is 0 Å². The van der Waals surface area contributed by atoms with E-state index in [9.17, 15) is 0 Å². The number of nitrogens with two attached hydrogens (primary N) is 1. The van der Waals surface area contributed by atoms with Gasteiger partial charge in [0, 0.05) is 28.8 Å². The van der Waals surface area contributed by atoms with Gasteiger partial charge in [-0.1, -0.05) is 83.9 Å². The molecule has 156 valence electrons. The van der Waals surface area contributed by atoms with Gasteiger partial charge in [-0.15, -0.1) is 0 Å². The van der Waals surface area contributed by atoms with Gasteiger partial charge in [-0.25, -0.2) is 9.97 Å². The summed E-state index contributed by atoms with van der Waals surface area (Å²) in [6.07, 6.45) is 1.50. The Morgan fingerprint density at radius 1 is 0.774 bits per heavy atom. The summed E-state index contributed by atoms with van der Waals surface area (Å²) in [5.41, 5.74) is 9.99. The molecule has 0 unspecified atom stereocenters. The van der Waals surface area contributed by atoms with Crippen molar-refractivity contribution in [3.05, 3.63) is 106 Å². The van der Waals surface area contributed by atoms with Crippen molar-refractivity contribution >= 4 is 46.2 Å². The molecule has 0 saturated carbocycles. The standard InChI is InChI=1S/C24H21Cl2N5/c25-19-11-20(26)13-21(12-19)30-23-22(27)24(29-16-28-23)31(14-17-7-3-1-4-8-17)15-18-9-5-2-6-10-18/h1-13,16H,14-15,27H2,(H,28,29,30). The fourth-order valence-electron chi connectivity index (χ4n) is 3.31. The van der Waals surface area contributed by atoms with E-state index in [1.807, 2.05) is 36.4 Å². The number of nitrogens with zero attached hydrogens (tertiary/aromatic N) is 3. The van der Waals surface area contributed by atoms with Crippen molar-refractivity contribution < 1.29 is 0 Å². The molecule has 31 heavy (non-hydrogen) atoms. The third-order valence-electron chi connectivity index (χ3n) is 4.72. The van der Waals surface area contributed by atoms with Crippen LogP contribution in [-0.4, -0.2) is 9.97 Å². The zero-order valence-corrected chi connectivity index (χ0v) is 18.2. The Hall–Kier alpha value is -3.28. The molecule has 0 bridgehead atoms. The van der Waals surface area contributed by atoms with E-state index in [1.165, 1.54) is 6.33 Å². The van der Waals surface area contributed by atoms with Crippen LogP contribution < -0.4 is 16.0 Å². The Morgan fingerprint density at radius 2 is 1.32 bits per heavy atom. The highest BCUT2D eigenvalue weighted by atomic mass is 35.5. The number of halogens is 2. The summed E-state index contributed by atoms with van der Waals surface area (Å²) >= 11 is 12.2. The zero-order valence-electron chi connectivity index (χ0n) is 16.7. The van der Waals surface area contributed by atoms with Crippen molar-refractivity contribution in [2.45, 2.75) is 13.1 Å². The van der Waals surface area contributed by atoms with E-state index >= 15 is 0 Å². The fourth-order valence-corrected chi connectivity index (χ4v) is 3.84. The highest BCUT2D eigenvalue weighted by molar-refractivity contribution is 6.35. The summed E-state index contributed by atoms with van der Waals surface area (Å²) in [4.78, 5) is 11.0. The second-order valence-corrected chi connectivity index (χ2v) is 7.94. The molecule has 4 rings (SSSR count). The lowest BCUT2D eigenvalue weighted by molar-refractivity contribution is 0.782. The maximum absolute atomic E-state index is 6.52. The highest BCUT2D eigenvalue weighted by Gasteiger charge is 2.17. The van der Waals surface area contributed by atoms with Crippen LogP contribution in [0.3, 0.4) is 0 Å². The van der Waals surface area contributed by atoms with Gasteiger partial charge >= 0.3 is 0 Å². The number of benzene rings is 3. The van der Waals surface area contributed by atoms with Gasteiger partial charge in [0.2, 0.25) is 0 Å². The van der Waals surface area contributed by atoms with Crippen LogP contribution in [0, 0.1) is 0 Å². The van der Waals surface area contributed by atoms with E-state index in [0.29, 0.717) is 46.1 Å². The zero-order chi connectivity index (χ0) is 21.6. The summed E-state index contributed by atoms with van der Waals surface area (Å²) in [7, 11) is 0. The Bertz CT molecular complexity index is 1090. The normalized spacial score (nSPS) is 10.6. The minimum absolute atomic E-state index is 0.450. The fraction of sp³-hybridized carbons (Fsp3) is 0.0833. The van der Waals surface area contributed by atoms with E-state index in [2.05, 4.69) is 44.5 Å². The Labute approximate surface area is 191 Å². The van der Waals surface area contributed by atoms with Gasteiger partial charge in [-0.2, -0.15) is 0 Å². The lowest BCUT2D eigenvalue weighted by Gasteiger charge is -2.26. The summed E-state index contributed by atoms with van der Waals surface area (Å²) in [5, 5.41) is 4.26. The number of aromatic nitrogens is 2. The quantitative estimate of drug-likeness (QED) is 0.345. The summed E-state index contributed by atoms with van der Waals surface area (Å²) in [5.74, 6) is 1.15. The number of anilines is 4. The molecule has 0 aliphatic carbocycles. The first kappa shape index (κ1) is 21.0. The lowest BCUT2D eigenvalue weighted by atomic mass is 10.1. The molecule has 0 atom stereocenters. The van der Waals surface area contributed by atoms with Gasteiger partial charge < -0.3 is 16.0 Å². The first-order valence-corrected chi connectivity index (χ1v) is 10.5. The number of nitrogen functional groups attached to an aromatic ring is 1. The van der Waals surface area contributed by atoms with Crippen molar-refractivity contribution in [2.75, 3.05) is 16.0 Å². The molecule has 0 fully saturated rings. The number of nitrogens with one attached hydrogen (secondary N) is 1. The molecule has 1 heterocycles. The first-order valence-electron chi connectivity index (χ1n) is 9.75. The highest BCUT2D eigenvalue weighted by Crippen LogP contribution is 2.32. The van der Waals surface area contributed by atoms with E-state index in [4.69, 9.17) is 28.9 Å². The predicted molar refractivity (Wildman–Crippen MR) is 129 cm³/mol. The average Bonchev–Trinajstić information content (AvgIpc) is 2.76. The van der Waals surface area contributed by atoms with Gasteiger partial charge in [0.15, 0.2) is 11.6 Å². The molecule has 1 aromatic heterocycles. The topological polar surface area (TPSA) is 67.1 Å². The average molecular weight is 450 g/mol. The first-order chi connectivity index (χ1) is 15.1. The van der Waals surface area contributed by atoms with E-state index < -0.39 is 0 Å². The molecule has 0 saturated heterocycles. The molecule has 0 aliphatic rings. The lowest BCUT2D eigenvalue weighted by Crippen LogP contribution is -2.24. The molecule has 4 aromatic rings. The van der Waals surface area contributed by atoms with E-state index in [1.54, 1.807) is 18.2 Å². The van der Waals surface area contributed by atoms with Crippen molar-refractivity contribution in [1.82, 2.24) is 9.97 Å². The molecule has 3 aromatic carbocycles. The third kappa shape index (κ3) is 5.45. The minimum Gasteiger partial charge on any atom is -0.393 e. The van der Waals surface area contributed by atoms with E-state index in [-0.39, 0.29) is 0 Å². The van der Waals surface area contributed by atoms with Gasteiger partial charge in [0.1, 0.15) is 12.0 Å². The van der Waals surface area contributed by atoms with E-state index in [0.717, 1.165) is 11.1 Å². The van der Waals surface area contributed by atoms with Crippen molar-refractivity contribution in [3.8, 4) is 0 Å². The van der Waals surface area contributed by atoms with Gasteiger partial charge in [-0.05, 0) is 29.3 Å². The van der Waals surface area contributed by atoms with Crippen LogP contribution >= 0.6 is 23.2 Å². The monoisotopic (exact) mass is 449 g/mol. The van der Waals surface area contributed by atoms with Crippen LogP contribution in [0.15, 0.2) is 85.2 Å². The Balaban J connectivity index is 1.67. The second kappa shape index (κ2) is 9.69. The SMILES string of the molecule is Nc1c(Nc2cc(Cl)cc(Cl)c2)ncnc1N(Cc1ccccc1)Cc1ccccc1. The summed E-state index contributed by atoms with van der Waals surface area (Å²) in [6, 6.07) is 25.6. The summed E-state index contributed by atoms with van der Waals surface area (Å²) in [6.45, 7) is 1.30. The molecule has 0 spiro atoms. The molecule has 0 aliphatic heterocycles. The third-order valence-corrected chi connectivity index (χ3v) is 5.16. The van der Waals surface area contributed by atoms with Crippen LogP contribution in [0.25, 0.3) is 0 Å². The van der Waals surface area contributed by atoms with Gasteiger partial charge in [0.05, 0.1) is 0 Å². The Morgan fingerprint density at radius 3 is 1.87 bits per heavy atom. The molecular formula is C24H21Cl2N5. The van der Waals surface area contributed by atoms with Crippen LogP contribution in [0.1, 0.15) is 11.1 Å². The predicted octanol–water partition coefficient (Wildman–Crippen LogP) is 6.32. The molecule has 0 radical (unpaired) electrons. The molecule has 5 nitrogen and oxygen atoms in total. The largest absolute Gasteiger partial charge is 0.393 e. The summed E-state index contributed by atoms with van der Waals surface area (Å²) < 4.78 is 0. The van der Waals surface area contributed by atoms with Crippen molar-refractivity contribution in [2.24, 2.45) is 0 Å². The molecular weight excluding hydrogens is 429 g/mol. The minimum atomic E-state index is 0.450. The maximum Gasteiger partial charge on any atom is 0.159 e. The van der Waals surface area contributed by atoms with Crippen LogP contribution in [-0.2, 0) is 13.1 Å². The van der Waals surface area contributed by atoms with Crippen LogP contribution in [0.2, 0.25) is 10.0 Å². The maximum atomic E-state index is 6.52. The van der Waals surface area contributed by atoms with Crippen molar-refractivity contribution in [1.29, 1.82) is 0 Å².